The zero-order valence-electron chi connectivity index (χ0n) is 14.4. The molecule has 3 heterocycles. The molecule has 7 nitrogen and oxygen atoms in total. The zero-order chi connectivity index (χ0) is 18.9. The largest absolute Gasteiger partial charge is 0.359 e. The van der Waals surface area contributed by atoms with Gasteiger partial charge >= 0.3 is 6.03 Å². The van der Waals surface area contributed by atoms with E-state index in [1.54, 1.807) is 11.1 Å². The van der Waals surface area contributed by atoms with Crippen molar-refractivity contribution >= 4 is 34.3 Å². The fourth-order valence-corrected chi connectivity index (χ4v) is 3.04. The van der Waals surface area contributed by atoms with E-state index in [1.807, 2.05) is 24.3 Å². The van der Waals surface area contributed by atoms with Crippen LogP contribution in [0.5, 0.6) is 0 Å². The number of para-hydroxylation sites is 1. The van der Waals surface area contributed by atoms with Gasteiger partial charge in [-0.1, -0.05) is 18.2 Å². The molecule has 1 fully saturated rings. The van der Waals surface area contributed by atoms with Crippen LogP contribution >= 0.6 is 0 Å². The average molecular weight is 372 g/mol. The van der Waals surface area contributed by atoms with Crippen molar-refractivity contribution in [2.45, 2.75) is 18.8 Å². The van der Waals surface area contributed by atoms with Crippen molar-refractivity contribution in [2.24, 2.45) is 0 Å². The Labute approximate surface area is 153 Å². The number of fused-ring (bicyclic) bond motifs is 1. The van der Waals surface area contributed by atoms with Gasteiger partial charge in [-0.2, -0.15) is 0 Å². The Hall–Kier alpha value is -3.23. The molecular weight excluding hydrogens is 354 g/mol. The van der Waals surface area contributed by atoms with Crippen LogP contribution in [0.2, 0.25) is 0 Å². The quantitative estimate of drug-likeness (QED) is 0.652. The Bertz CT molecular complexity index is 946. The second kappa shape index (κ2) is 6.82. The summed E-state index contributed by atoms with van der Waals surface area (Å²) in [4.78, 5) is 25.3. The van der Waals surface area contributed by atoms with Gasteiger partial charge in [-0.3, -0.25) is 0 Å². The van der Waals surface area contributed by atoms with Crippen LogP contribution in [-0.4, -0.2) is 40.0 Å². The fourth-order valence-electron chi connectivity index (χ4n) is 3.04. The van der Waals surface area contributed by atoms with Crippen LogP contribution in [0.15, 0.2) is 42.9 Å². The number of alkyl halides is 2. The first-order valence-corrected chi connectivity index (χ1v) is 8.59. The van der Waals surface area contributed by atoms with Crippen molar-refractivity contribution in [3.05, 3.63) is 42.9 Å². The monoisotopic (exact) mass is 372 g/mol. The highest BCUT2D eigenvalue weighted by Crippen LogP contribution is 2.29. The number of carbonyl (C=O) groups excluding carboxylic acids is 1. The molecule has 2 aromatic heterocycles. The minimum Gasteiger partial charge on any atom is -0.359 e. The number of urea groups is 1. The molecule has 1 saturated heterocycles. The molecule has 1 aliphatic heterocycles. The third-order valence-electron chi connectivity index (χ3n) is 4.51. The average Bonchev–Trinajstić information content (AvgIpc) is 3.05. The summed E-state index contributed by atoms with van der Waals surface area (Å²) in [5.41, 5.74) is 2.00. The molecule has 0 spiro atoms. The number of rotatable bonds is 3. The molecule has 0 atom stereocenters. The van der Waals surface area contributed by atoms with Gasteiger partial charge in [0.05, 0.1) is 23.8 Å². The van der Waals surface area contributed by atoms with Gasteiger partial charge in [0.2, 0.25) is 5.95 Å². The van der Waals surface area contributed by atoms with E-state index in [1.165, 1.54) is 12.4 Å². The van der Waals surface area contributed by atoms with E-state index in [0.717, 1.165) is 10.9 Å². The molecule has 0 saturated carbocycles. The van der Waals surface area contributed by atoms with Crippen molar-refractivity contribution < 1.29 is 13.6 Å². The van der Waals surface area contributed by atoms with Crippen molar-refractivity contribution in [3.63, 3.8) is 0 Å². The summed E-state index contributed by atoms with van der Waals surface area (Å²) in [6.07, 6.45) is 4.23. The van der Waals surface area contributed by atoms with Gasteiger partial charge in [0.25, 0.3) is 5.92 Å². The lowest BCUT2D eigenvalue weighted by Crippen LogP contribution is -2.40. The van der Waals surface area contributed by atoms with Crippen LogP contribution in [-0.2, 0) is 0 Å². The van der Waals surface area contributed by atoms with Crippen molar-refractivity contribution in [1.82, 2.24) is 15.0 Å². The van der Waals surface area contributed by atoms with Gasteiger partial charge in [-0.05, 0) is 6.07 Å². The number of piperidine rings is 1. The molecule has 1 aromatic carbocycles. The number of carbonyl (C=O) groups is 1. The lowest BCUT2D eigenvalue weighted by atomic mass is 10.1. The summed E-state index contributed by atoms with van der Waals surface area (Å²) in [6.45, 7) is 0.418. The molecule has 2 amide bonds. The number of aromatic nitrogens is 3. The van der Waals surface area contributed by atoms with E-state index in [4.69, 9.17) is 0 Å². The van der Waals surface area contributed by atoms with Gasteiger partial charge < -0.3 is 20.5 Å². The summed E-state index contributed by atoms with van der Waals surface area (Å²) >= 11 is 0. The maximum atomic E-state index is 13.2. The third-order valence-corrected chi connectivity index (χ3v) is 4.51. The molecule has 3 aromatic rings. The highest BCUT2D eigenvalue weighted by atomic mass is 19.3. The van der Waals surface area contributed by atoms with E-state index in [2.05, 4.69) is 25.6 Å². The highest BCUT2D eigenvalue weighted by Gasteiger charge is 2.34. The van der Waals surface area contributed by atoms with Gasteiger partial charge in [-0.15, -0.1) is 0 Å². The summed E-state index contributed by atoms with van der Waals surface area (Å²) in [7, 11) is 0. The zero-order valence-corrected chi connectivity index (χ0v) is 14.4. The molecule has 3 N–H and O–H groups in total. The number of nitrogens with one attached hydrogen (secondary N) is 3. The Balaban J connectivity index is 1.37. The second-order valence-corrected chi connectivity index (χ2v) is 6.44. The first kappa shape index (κ1) is 17.2. The number of hydrogen-bond donors (Lipinski definition) is 3. The van der Waals surface area contributed by atoms with Gasteiger partial charge in [0, 0.05) is 43.0 Å². The Morgan fingerprint density at radius 1 is 1.11 bits per heavy atom. The number of H-pyrrole nitrogens is 1. The molecule has 0 aliphatic carbocycles. The van der Waals surface area contributed by atoms with E-state index < -0.39 is 12.0 Å². The van der Waals surface area contributed by atoms with Crippen LogP contribution in [0, 0.1) is 0 Å². The Morgan fingerprint density at radius 2 is 1.81 bits per heavy atom. The Morgan fingerprint density at radius 3 is 2.56 bits per heavy atom. The summed E-state index contributed by atoms with van der Waals surface area (Å²) < 4.78 is 26.5. The number of benzene rings is 1. The van der Waals surface area contributed by atoms with E-state index in [-0.39, 0.29) is 25.9 Å². The first-order valence-electron chi connectivity index (χ1n) is 8.59. The van der Waals surface area contributed by atoms with Crippen LogP contribution in [0.3, 0.4) is 0 Å². The Kier molecular flexibility index (Phi) is 4.35. The molecule has 140 valence electrons. The molecule has 4 rings (SSSR count). The minimum atomic E-state index is -2.61. The van der Waals surface area contributed by atoms with Crippen LogP contribution < -0.4 is 15.5 Å². The normalized spacial score (nSPS) is 16.3. The summed E-state index contributed by atoms with van der Waals surface area (Å²) in [6, 6.07) is 7.20. The van der Waals surface area contributed by atoms with Gasteiger partial charge in [-0.25, -0.2) is 23.5 Å². The number of aromatic amines is 1. The molecule has 27 heavy (non-hydrogen) atoms. The van der Waals surface area contributed by atoms with E-state index in [0.29, 0.717) is 17.3 Å². The lowest BCUT2D eigenvalue weighted by Gasteiger charge is -2.31. The molecule has 0 radical (unpaired) electrons. The van der Waals surface area contributed by atoms with Crippen molar-refractivity contribution in [3.8, 4) is 0 Å². The van der Waals surface area contributed by atoms with Crippen molar-refractivity contribution in [1.29, 1.82) is 0 Å². The van der Waals surface area contributed by atoms with E-state index in [9.17, 15) is 13.6 Å². The van der Waals surface area contributed by atoms with Gasteiger partial charge in [0.15, 0.2) is 0 Å². The smallest absolute Gasteiger partial charge is 0.323 e. The van der Waals surface area contributed by atoms with Crippen LogP contribution in [0.25, 0.3) is 10.9 Å². The first-order chi connectivity index (χ1) is 13.0. The summed E-state index contributed by atoms with van der Waals surface area (Å²) in [5.74, 6) is -2.23. The molecular formula is C18H18F2N6O. The standard InChI is InChI=1S/C18H18F2N6O/c19-18(20)5-7-26(8-6-18)16-22-9-12(10-23-16)24-17(27)25-15-11-21-14-4-2-1-3-13(14)15/h1-4,9-11,21H,5-8H2,(H2,24,25,27). The SMILES string of the molecule is O=C(Nc1cnc(N2CCC(F)(F)CC2)nc1)Nc1c[nH]c2ccccc12. The maximum absolute atomic E-state index is 13.2. The van der Waals surface area contributed by atoms with Gasteiger partial charge in [0.1, 0.15) is 0 Å². The lowest BCUT2D eigenvalue weighted by molar-refractivity contribution is -0.0222. The van der Waals surface area contributed by atoms with E-state index >= 15 is 0 Å². The minimum absolute atomic E-state index is 0.205. The number of nitrogens with zero attached hydrogens (tertiary/aromatic N) is 3. The highest BCUT2D eigenvalue weighted by molar-refractivity contribution is 6.05. The topological polar surface area (TPSA) is 85.9 Å². The summed E-state index contributed by atoms with van der Waals surface area (Å²) in [5, 5.41) is 6.33. The van der Waals surface area contributed by atoms with Crippen molar-refractivity contribution in [2.75, 3.05) is 28.6 Å². The fraction of sp³-hybridized carbons (Fsp3) is 0.278. The number of amides is 2. The predicted molar refractivity (Wildman–Crippen MR) is 99.4 cm³/mol. The molecule has 0 bridgehead atoms. The molecule has 9 heteroatoms. The number of hydrogen-bond acceptors (Lipinski definition) is 4. The third kappa shape index (κ3) is 3.81. The second-order valence-electron chi connectivity index (χ2n) is 6.44. The number of anilines is 3. The molecule has 1 aliphatic rings. The predicted octanol–water partition coefficient (Wildman–Crippen LogP) is 3.84. The van der Waals surface area contributed by atoms with Crippen LogP contribution in [0.1, 0.15) is 12.8 Å². The number of halogens is 2. The molecule has 0 unspecified atom stereocenters. The maximum Gasteiger partial charge on any atom is 0.323 e. The van der Waals surface area contributed by atoms with Crippen LogP contribution in [0.4, 0.5) is 30.9 Å².